The zero-order valence-electron chi connectivity index (χ0n) is 10.1. The van der Waals surface area contributed by atoms with Crippen molar-refractivity contribution in [1.29, 1.82) is 0 Å². The van der Waals surface area contributed by atoms with Crippen molar-refractivity contribution < 1.29 is 8.42 Å². The molecule has 1 aliphatic carbocycles. The van der Waals surface area contributed by atoms with E-state index in [0.29, 0.717) is 19.0 Å². The van der Waals surface area contributed by atoms with Crippen LogP contribution in [0.1, 0.15) is 45.4 Å². The Kier molecular flexibility index (Phi) is 5.72. The molecule has 3 N–H and O–H groups in total. The van der Waals surface area contributed by atoms with Crippen LogP contribution in [0.4, 0.5) is 0 Å². The van der Waals surface area contributed by atoms with Gasteiger partial charge in [-0.15, -0.1) is 0 Å². The summed E-state index contributed by atoms with van der Waals surface area (Å²) in [5.74, 6) is 0.323. The lowest BCUT2D eigenvalue weighted by Crippen LogP contribution is -2.38. The zero-order valence-corrected chi connectivity index (χ0v) is 10.9. The monoisotopic (exact) mass is 248 g/mol. The second kappa shape index (κ2) is 6.57. The third-order valence-corrected chi connectivity index (χ3v) is 5.20. The highest BCUT2D eigenvalue weighted by Gasteiger charge is 2.26. The summed E-state index contributed by atoms with van der Waals surface area (Å²) in [4.78, 5) is 0. The Labute approximate surface area is 99.0 Å². The van der Waals surface area contributed by atoms with Crippen LogP contribution in [-0.4, -0.2) is 26.8 Å². The van der Waals surface area contributed by atoms with Crippen LogP contribution in [0, 0.1) is 5.92 Å². The second-order valence-corrected chi connectivity index (χ2v) is 6.88. The minimum absolute atomic E-state index is 0.161. The fourth-order valence-electron chi connectivity index (χ4n) is 2.14. The smallest absolute Gasteiger partial charge is 0.214 e. The molecule has 4 nitrogen and oxygen atoms in total. The third-order valence-electron chi connectivity index (χ3n) is 3.28. The van der Waals surface area contributed by atoms with E-state index < -0.39 is 10.0 Å². The maximum Gasteiger partial charge on any atom is 0.214 e. The second-order valence-electron chi connectivity index (χ2n) is 4.84. The Bertz CT molecular complexity index is 284. The summed E-state index contributed by atoms with van der Waals surface area (Å²) < 4.78 is 26.6. The van der Waals surface area contributed by atoms with E-state index >= 15 is 0 Å². The van der Waals surface area contributed by atoms with E-state index in [9.17, 15) is 8.42 Å². The molecule has 5 heteroatoms. The van der Waals surface area contributed by atoms with Crippen molar-refractivity contribution in [1.82, 2.24) is 4.72 Å². The molecule has 0 aromatic heterocycles. The number of hydrogen-bond donors (Lipinski definition) is 2. The Balaban J connectivity index is 2.38. The molecule has 1 unspecified atom stereocenters. The minimum atomic E-state index is -3.09. The lowest BCUT2D eigenvalue weighted by molar-refractivity contribution is 0.467. The molecule has 1 aliphatic rings. The first kappa shape index (κ1) is 13.9. The molecule has 0 bridgehead atoms. The lowest BCUT2D eigenvalue weighted by atomic mass is 10.0. The molecule has 0 aromatic rings. The molecule has 0 spiro atoms. The summed E-state index contributed by atoms with van der Waals surface area (Å²) >= 11 is 0. The van der Waals surface area contributed by atoms with Gasteiger partial charge in [-0.05, 0) is 31.7 Å². The first-order valence-corrected chi connectivity index (χ1v) is 7.79. The van der Waals surface area contributed by atoms with E-state index in [4.69, 9.17) is 5.73 Å². The molecule has 0 radical (unpaired) electrons. The predicted molar refractivity (Wildman–Crippen MR) is 66.6 cm³/mol. The third kappa shape index (κ3) is 4.39. The van der Waals surface area contributed by atoms with Gasteiger partial charge in [0.2, 0.25) is 10.0 Å². The summed E-state index contributed by atoms with van der Waals surface area (Å²) in [6.45, 7) is 3.17. The van der Waals surface area contributed by atoms with Gasteiger partial charge in [-0.3, -0.25) is 0 Å². The predicted octanol–water partition coefficient (Wildman–Crippen LogP) is 1.22. The average molecular weight is 248 g/mol. The van der Waals surface area contributed by atoms with Gasteiger partial charge in [0.15, 0.2) is 0 Å². The maximum absolute atomic E-state index is 12.0. The summed E-state index contributed by atoms with van der Waals surface area (Å²) in [6, 6.07) is 0. The topological polar surface area (TPSA) is 72.2 Å². The van der Waals surface area contributed by atoms with Crippen LogP contribution < -0.4 is 10.5 Å². The molecule has 0 aromatic carbocycles. The van der Waals surface area contributed by atoms with Gasteiger partial charge in [0.05, 0.1) is 5.25 Å². The van der Waals surface area contributed by atoms with Gasteiger partial charge in [-0.2, -0.15) is 0 Å². The first-order valence-electron chi connectivity index (χ1n) is 6.25. The lowest BCUT2D eigenvalue weighted by Gasteiger charge is -2.23. The van der Waals surface area contributed by atoms with Crippen molar-refractivity contribution in [3.8, 4) is 0 Å². The van der Waals surface area contributed by atoms with E-state index in [2.05, 4.69) is 4.72 Å². The molecule has 1 atom stereocenters. The summed E-state index contributed by atoms with van der Waals surface area (Å²) in [7, 11) is -3.09. The molecule has 16 heavy (non-hydrogen) atoms. The highest BCUT2D eigenvalue weighted by Crippen LogP contribution is 2.23. The zero-order chi connectivity index (χ0) is 12.0. The summed E-state index contributed by atoms with van der Waals surface area (Å²) in [5, 5.41) is -0.161. The summed E-state index contributed by atoms with van der Waals surface area (Å²) in [6.07, 6.45) is 5.78. The molecular weight excluding hydrogens is 224 g/mol. The normalized spacial score (nSPS) is 20.9. The van der Waals surface area contributed by atoms with Crippen LogP contribution in [-0.2, 0) is 10.0 Å². The van der Waals surface area contributed by atoms with E-state index in [1.54, 1.807) is 0 Å². The quantitative estimate of drug-likeness (QED) is 0.742. The molecule has 1 rings (SSSR count). The van der Waals surface area contributed by atoms with Crippen molar-refractivity contribution in [2.75, 3.05) is 13.1 Å². The van der Waals surface area contributed by atoms with Crippen LogP contribution >= 0.6 is 0 Å². The number of nitrogens with two attached hydrogens (primary N) is 1. The van der Waals surface area contributed by atoms with Crippen LogP contribution in [0.25, 0.3) is 0 Å². The maximum atomic E-state index is 12.0. The fraction of sp³-hybridized carbons (Fsp3) is 1.00. The van der Waals surface area contributed by atoms with Crippen molar-refractivity contribution >= 4 is 10.0 Å². The van der Waals surface area contributed by atoms with Crippen LogP contribution in [0.3, 0.4) is 0 Å². The van der Waals surface area contributed by atoms with E-state index in [1.807, 2.05) is 6.92 Å². The van der Waals surface area contributed by atoms with Gasteiger partial charge in [-0.25, -0.2) is 13.1 Å². The van der Waals surface area contributed by atoms with Gasteiger partial charge in [0.1, 0.15) is 0 Å². The fourth-order valence-corrected chi connectivity index (χ4v) is 3.84. The Morgan fingerprint density at radius 3 is 2.50 bits per heavy atom. The van der Waals surface area contributed by atoms with E-state index in [-0.39, 0.29) is 5.25 Å². The van der Waals surface area contributed by atoms with Gasteiger partial charge in [-0.1, -0.05) is 26.2 Å². The molecule has 1 fully saturated rings. The van der Waals surface area contributed by atoms with Crippen molar-refractivity contribution in [3.63, 3.8) is 0 Å². The molecule has 96 valence electrons. The van der Waals surface area contributed by atoms with Gasteiger partial charge in [0.25, 0.3) is 0 Å². The molecule has 0 saturated heterocycles. The molecule has 1 saturated carbocycles. The highest BCUT2D eigenvalue weighted by atomic mass is 32.2. The van der Waals surface area contributed by atoms with Crippen molar-refractivity contribution in [2.24, 2.45) is 11.7 Å². The van der Waals surface area contributed by atoms with Gasteiger partial charge < -0.3 is 5.73 Å². The molecule has 0 aliphatic heterocycles. The molecular formula is C11H24N2O2S. The average Bonchev–Trinajstić information content (AvgIpc) is 2.28. The Morgan fingerprint density at radius 2 is 1.94 bits per heavy atom. The minimum Gasteiger partial charge on any atom is -0.330 e. The van der Waals surface area contributed by atoms with Gasteiger partial charge >= 0.3 is 0 Å². The highest BCUT2D eigenvalue weighted by molar-refractivity contribution is 7.90. The SMILES string of the molecule is CC(CCN)CNS(=O)(=O)C1CCCCC1. The first-order chi connectivity index (χ1) is 7.56. The number of sulfonamides is 1. The van der Waals surface area contributed by atoms with Crippen LogP contribution in [0.15, 0.2) is 0 Å². The molecule has 0 amide bonds. The van der Waals surface area contributed by atoms with Gasteiger partial charge in [0, 0.05) is 6.54 Å². The Hall–Kier alpha value is -0.130. The van der Waals surface area contributed by atoms with Crippen molar-refractivity contribution in [2.45, 2.75) is 50.7 Å². The Morgan fingerprint density at radius 1 is 1.31 bits per heavy atom. The number of nitrogens with one attached hydrogen (secondary N) is 1. The standard InChI is InChI=1S/C11H24N2O2S/c1-10(7-8-12)9-13-16(14,15)11-5-3-2-4-6-11/h10-11,13H,2-9,12H2,1H3. The van der Waals surface area contributed by atoms with Crippen LogP contribution in [0.2, 0.25) is 0 Å². The number of rotatable bonds is 6. The molecule has 0 heterocycles. The number of hydrogen-bond acceptors (Lipinski definition) is 3. The van der Waals surface area contributed by atoms with E-state index in [1.165, 1.54) is 6.42 Å². The van der Waals surface area contributed by atoms with Crippen LogP contribution in [0.5, 0.6) is 0 Å². The van der Waals surface area contributed by atoms with E-state index in [0.717, 1.165) is 32.1 Å². The van der Waals surface area contributed by atoms with Crippen molar-refractivity contribution in [3.05, 3.63) is 0 Å². The largest absolute Gasteiger partial charge is 0.330 e. The summed E-state index contributed by atoms with van der Waals surface area (Å²) in [5.41, 5.74) is 5.43.